The van der Waals surface area contributed by atoms with Crippen LogP contribution >= 0.6 is 11.3 Å². The van der Waals surface area contributed by atoms with E-state index in [2.05, 4.69) is 23.2 Å². The summed E-state index contributed by atoms with van der Waals surface area (Å²) in [5, 5.41) is 5.20. The highest BCUT2D eigenvalue weighted by Crippen LogP contribution is 2.37. The second-order valence-electron chi connectivity index (χ2n) is 8.25. The number of hydrogen-bond donors (Lipinski definition) is 1. The summed E-state index contributed by atoms with van der Waals surface area (Å²) < 4.78 is 23.1. The van der Waals surface area contributed by atoms with Crippen molar-refractivity contribution in [1.29, 1.82) is 0 Å². The van der Waals surface area contributed by atoms with E-state index in [1.165, 1.54) is 34.6 Å². The Labute approximate surface area is 197 Å². The fourth-order valence-electron chi connectivity index (χ4n) is 4.30. The maximum Gasteiger partial charge on any atom is 0.264 e. The molecule has 2 N–H and O–H groups in total. The van der Waals surface area contributed by atoms with Crippen LogP contribution in [0.2, 0.25) is 0 Å². The quantitative estimate of drug-likeness (QED) is 0.610. The van der Waals surface area contributed by atoms with Crippen LogP contribution in [0, 0.1) is 6.92 Å². The van der Waals surface area contributed by atoms with E-state index in [-0.39, 0.29) is 10.8 Å². The van der Waals surface area contributed by atoms with Crippen molar-refractivity contribution < 1.29 is 13.2 Å². The van der Waals surface area contributed by atoms with Crippen LogP contribution in [-0.2, 0) is 16.4 Å². The molecule has 168 valence electrons. The molecular formula is C25H23N3O3S2. The van der Waals surface area contributed by atoms with Crippen LogP contribution in [0.5, 0.6) is 0 Å². The van der Waals surface area contributed by atoms with Gasteiger partial charge in [0.1, 0.15) is 0 Å². The van der Waals surface area contributed by atoms with E-state index in [9.17, 15) is 13.2 Å². The molecule has 3 heterocycles. The number of benzene rings is 1. The van der Waals surface area contributed by atoms with Crippen LogP contribution in [0.15, 0.2) is 71.3 Å². The molecule has 1 aliphatic carbocycles. The van der Waals surface area contributed by atoms with Gasteiger partial charge in [0, 0.05) is 41.7 Å². The van der Waals surface area contributed by atoms with Gasteiger partial charge in [0.2, 0.25) is 10.0 Å². The van der Waals surface area contributed by atoms with Gasteiger partial charge in [0.15, 0.2) is 0 Å². The number of sulfonamides is 1. The minimum atomic E-state index is -3.72. The van der Waals surface area contributed by atoms with Crippen LogP contribution in [0.1, 0.15) is 32.2 Å². The average molecular weight is 478 g/mol. The smallest absolute Gasteiger partial charge is 0.264 e. The zero-order chi connectivity index (χ0) is 23.2. The molecule has 0 saturated carbocycles. The number of hydrogen-bond acceptors (Lipinski definition) is 5. The van der Waals surface area contributed by atoms with Crippen LogP contribution in [-0.4, -0.2) is 37.3 Å². The van der Waals surface area contributed by atoms with E-state index >= 15 is 0 Å². The number of fused-ring (bicyclic) bond motifs is 1. The van der Waals surface area contributed by atoms with E-state index in [1.54, 1.807) is 12.1 Å². The number of pyridine rings is 1. The first-order chi connectivity index (χ1) is 15.8. The van der Waals surface area contributed by atoms with Crippen LogP contribution in [0.3, 0.4) is 0 Å². The second kappa shape index (κ2) is 8.37. The predicted octanol–water partition coefficient (Wildman–Crippen LogP) is 4.18. The number of carbonyl (C=O) groups excluding carboxylic acids is 1. The lowest BCUT2D eigenvalue weighted by molar-refractivity contribution is 0.0774. The number of carbonyl (C=O) groups is 1. The molecule has 0 saturated heterocycles. The molecule has 2 aliphatic rings. The van der Waals surface area contributed by atoms with Gasteiger partial charge in [-0.1, -0.05) is 24.3 Å². The maximum absolute atomic E-state index is 12.8. The Bertz CT molecular complexity index is 1420. The Hall–Kier alpha value is -3.07. The largest absolute Gasteiger partial charge is 0.334 e. The zero-order valence-electron chi connectivity index (χ0n) is 18.1. The Morgan fingerprint density at radius 2 is 1.88 bits per heavy atom. The van der Waals surface area contributed by atoms with Gasteiger partial charge < -0.3 is 4.90 Å². The molecule has 1 aliphatic heterocycles. The molecule has 6 nitrogen and oxygen atoms in total. The molecule has 0 bridgehead atoms. The third kappa shape index (κ3) is 4.29. The van der Waals surface area contributed by atoms with Gasteiger partial charge in [-0.2, -0.15) is 0 Å². The van der Waals surface area contributed by atoms with Crippen molar-refractivity contribution in [1.82, 2.24) is 9.88 Å². The van der Waals surface area contributed by atoms with Crippen molar-refractivity contribution >= 4 is 32.8 Å². The van der Waals surface area contributed by atoms with Gasteiger partial charge in [0.25, 0.3) is 5.91 Å². The van der Waals surface area contributed by atoms with E-state index in [1.807, 2.05) is 30.2 Å². The maximum atomic E-state index is 12.8. The number of aryl methyl sites for hydroxylation is 1. The predicted molar refractivity (Wildman–Crippen MR) is 130 cm³/mol. The molecule has 0 fully saturated rings. The van der Waals surface area contributed by atoms with E-state index in [0.717, 1.165) is 45.0 Å². The number of aromatic nitrogens is 1. The molecule has 1 aromatic carbocycles. The Morgan fingerprint density at radius 1 is 1.09 bits per heavy atom. The Kier molecular flexibility index (Phi) is 5.52. The second-order valence-corrected chi connectivity index (χ2v) is 11.1. The molecular weight excluding hydrogens is 454 g/mol. The summed E-state index contributed by atoms with van der Waals surface area (Å²) in [5.74, 6) is 0.0936. The number of primary sulfonamides is 1. The summed E-state index contributed by atoms with van der Waals surface area (Å²) in [7, 11) is -3.72. The molecule has 5 rings (SSSR count). The van der Waals surface area contributed by atoms with Crippen molar-refractivity contribution in [3.8, 4) is 11.1 Å². The van der Waals surface area contributed by atoms with E-state index in [0.29, 0.717) is 13.1 Å². The molecule has 0 spiro atoms. The Balaban J connectivity index is 1.37. The van der Waals surface area contributed by atoms with Crippen LogP contribution in [0.25, 0.3) is 16.7 Å². The summed E-state index contributed by atoms with van der Waals surface area (Å²) in [4.78, 5) is 21.3. The van der Waals surface area contributed by atoms with E-state index < -0.39 is 10.0 Å². The molecule has 1 amide bonds. The summed E-state index contributed by atoms with van der Waals surface area (Å²) in [5.41, 5.74) is 6.35. The number of rotatable bonds is 4. The highest BCUT2D eigenvalue weighted by Gasteiger charge is 2.25. The van der Waals surface area contributed by atoms with Gasteiger partial charge in [-0.15, -0.1) is 11.3 Å². The normalized spacial score (nSPS) is 15.8. The molecule has 2 aromatic heterocycles. The zero-order valence-corrected chi connectivity index (χ0v) is 19.7. The van der Waals surface area contributed by atoms with Crippen LogP contribution in [0.4, 0.5) is 0 Å². The van der Waals surface area contributed by atoms with Crippen molar-refractivity contribution in [2.45, 2.75) is 24.7 Å². The first-order valence-corrected chi connectivity index (χ1v) is 13.0. The van der Waals surface area contributed by atoms with Gasteiger partial charge >= 0.3 is 0 Å². The first kappa shape index (κ1) is 21.8. The van der Waals surface area contributed by atoms with Gasteiger partial charge in [-0.3, -0.25) is 9.78 Å². The average Bonchev–Trinajstić information content (AvgIpc) is 3.44. The van der Waals surface area contributed by atoms with Crippen molar-refractivity contribution in [2.24, 2.45) is 5.14 Å². The summed E-state index contributed by atoms with van der Waals surface area (Å²) >= 11 is 1.54. The van der Waals surface area contributed by atoms with Crippen molar-refractivity contribution in [2.75, 3.05) is 13.1 Å². The Morgan fingerprint density at radius 3 is 2.52 bits per heavy atom. The minimum absolute atomic E-state index is 0.0881. The lowest BCUT2D eigenvalue weighted by Crippen LogP contribution is -2.34. The highest BCUT2D eigenvalue weighted by molar-refractivity contribution is 7.89. The number of allylic oxidation sites excluding steroid dienone is 2. The molecule has 33 heavy (non-hydrogen) atoms. The van der Waals surface area contributed by atoms with Crippen LogP contribution < -0.4 is 5.14 Å². The standard InChI is InChI=1S/C25H23N3O3S2/c1-16-2-9-24(32-16)25(29)28-12-10-18(11-13-28)21-7-8-23-22(21)14-19(15-27-23)17-3-5-20(6-4-17)33(26,30)31/h2-7,9-10,14-15H,8,11-13H2,1H3,(H2,26,30,31). The fourth-order valence-corrected chi connectivity index (χ4v) is 5.65. The molecule has 0 atom stereocenters. The topological polar surface area (TPSA) is 93.4 Å². The molecule has 0 radical (unpaired) electrons. The SMILES string of the molecule is Cc1ccc(C(=O)N2CC=C(C3=CCc4ncc(-c5ccc(S(N)(=O)=O)cc5)cc43)CC2)s1. The van der Waals surface area contributed by atoms with Gasteiger partial charge in [-0.05, 0) is 60.4 Å². The minimum Gasteiger partial charge on any atom is -0.334 e. The van der Waals surface area contributed by atoms with Crippen molar-refractivity contribution in [3.63, 3.8) is 0 Å². The van der Waals surface area contributed by atoms with Gasteiger partial charge in [-0.25, -0.2) is 13.6 Å². The fraction of sp³-hybridized carbons (Fsp3) is 0.200. The summed E-state index contributed by atoms with van der Waals surface area (Å²) in [6.45, 7) is 3.30. The molecule has 8 heteroatoms. The lowest BCUT2D eigenvalue weighted by atomic mass is 9.94. The summed E-state index contributed by atoms with van der Waals surface area (Å²) in [6.07, 6.45) is 7.76. The summed E-state index contributed by atoms with van der Waals surface area (Å²) in [6, 6.07) is 12.5. The molecule has 0 unspecified atom stereocenters. The number of thiophene rings is 1. The third-order valence-corrected chi connectivity index (χ3v) is 7.99. The number of amides is 1. The first-order valence-electron chi connectivity index (χ1n) is 10.7. The number of nitrogens with zero attached hydrogens (tertiary/aromatic N) is 2. The third-order valence-electron chi connectivity index (χ3n) is 6.07. The number of nitrogens with two attached hydrogens (primary N) is 1. The van der Waals surface area contributed by atoms with E-state index in [4.69, 9.17) is 5.14 Å². The van der Waals surface area contributed by atoms with Gasteiger partial charge in [0.05, 0.1) is 15.5 Å². The lowest BCUT2D eigenvalue weighted by Gasteiger charge is -2.27. The monoisotopic (exact) mass is 477 g/mol. The highest BCUT2D eigenvalue weighted by atomic mass is 32.2. The van der Waals surface area contributed by atoms with Crippen molar-refractivity contribution in [3.05, 3.63) is 87.4 Å². The molecule has 3 aromatic rings.